The van der Waals surface area contributed by atoms with Gasteiger partial charge in [-0.05, 0) is 42.5 Å². The number of rotatable bonds is 4. The number of nitrogens with zero attached hydrogens (tertiary/aromatic N) is 2. The van der Waals surface area contributed by atoms with Gasteiger partial charge < -0.3 is 10.1 Å². The van der Waals surface area contributed by atoms with Gasteiger partial charge in [0.2, 0.25) is 0 Å². The van der Waals surface area contributed by atoms with Crippen LogP contribution in [0.2, 0.25) is 0 Å². The molecule has 0 atom stereocenters. The standard InChI is InChI=1S/C21H14BrN3O2/c22-15-9-10-19-18(11-15)20(24-13-23-19)25-16-7-4-8-17(12-16)27-21(26)14-5-2-1-3-6-14/h1-13H,(H,23,24,25). The van der Waals surface area contributed by atoms with Crippen molar-refractivity contribution >= 4 is 44.3 Å². The molecule has 3 aromatic carbocycles. The van der Waals surface area contributed by atoms with Crippen LogP contribution in [0.4, 0.5) is 11.5 Å². The Morgan fingerprint density at radius 2 is 1.78 bits per heavy atom. The van der Waals surface area contributed by atoms with Crippen LogP contribution in [0.1, 0.15) is 10.4 Å². The average molecular weight is 420 g/mol. The van der Waals surface area contributed by atoms with Gasteiger partial charge in [0.1, 0.15) is 17.9 Å². The molecule has 1 heterocycles. The van der Waals surface area contributed by atoms with Gasteiger partial charge in [-0.3, -0.25) is 0 Å². The molecule has 0 aliphatic rings. The predicted octanol–water partition coefficient (Wildman–Crippen LogP) is 5.36. The summed E-state index contributed by atoms with van der Waals surface area (Å²) in [6.45, 7) is 0. The second-order valence-corrected chi connectivity index (χ2v) is 6.71. The molecule has 0 radical (unpaired) electrons. The molecule has 6 heteroatoms. The monoisotopic (exact) mass is 419 g/mol. The fourth-order valence-corrected chi connectivity index (χ4v) is 3.00. The molecule has 0 fully saturated rings. The van der Waals surface area contributed by atoms with Gasteiger partial charge >= 0.3 is 5.97 Å². The zero-order valence-electron chi connectivity index (χ0n) is 14.1. The molecule has 0 saturated heterocycles. The Labute approximate surface area is 164 Å². The summed E-state index contributed by atoms with van der Waals surface area (Å²) in [6.07, 6.45) is 1.51. The molecule has 27 heavy (non-hydrogen) atoms. The molecular formula is C21H14BrN3O2. The predicted molar refractivity (Wildman–Crippen MR) is 108 cm³/mol. The summed E-state index contributed by atoms with van der Waals surface area (Å²) >= 11 is 3.47. The van der Waals surface area contributed by atoms with E-state index < -0.39 is 5.97 Å². The Hall–Kier alpha value is -3.25. The summed E-state index contributed by atoms with van der Waals surface area (Å²) in [5, 5.41) is 4.15. The van der Waals surface area contributed by atoms with Crippen molar-refractivity contribution in [1.29, 1.82) is 0 Å². The number of hydrogen-bond donors (Lipinski definition) is 1. The smallest absolute Gasteiger partial charge is 0.343 e. The lowest BCUT2D eigenvalue weighted by Gasteiger charge is -2.10. The van der Waals surface area contributed by atoms with Crippen LogP contribution in [0, 0.1) is 0 Å². The lowest BCUT2D eigenvalue weighted by Crippen LogP contribution is -2.08. The van der Waals surface area contributed by atoms with Crippen molar-refractivity contribution in [3.05, 3.63) is 89.2 Å². The van der Waals surface area contributed by atoms with Crippen molar-refractivity contribution in [2.24, 2.45) is 0 Å². The summed E-state index contributed by atoms with van der Waals surface area (Å²) in [4.78, 5) is 20.8. The number of carbonyl (C=O) groups is 1. The maximum Gasteiger partial charge on any atom is 0.343 e. The molecule has 0 unspecified atom stereocenters. The molecule has 0 spiro atoms. The van der Waals surface area contributed by atoms with E-state index in [1.54, 1.807) is 36.4 Å². The van der Waals surface area contributed by atoms with Gasteiger partial charge in [0.15, 0.2) is 0 Å². The van der Waals surface area contributed by atoms with Crippen molar-refractivity contribution in [3.63, 3.8) is 0 Å². The van der Waals surface area contributed by atoms with E-state index in [9.17, 15) is 4.79 Å². The Morgan fingerprint density at radius 1 is 0.926 bits per heavy atom. The molecule has 1 aromatic heterocycles. The number of ether oxygens (including phenoxy) is 1. The highest BCUT2D eigenvalue weighted by Gasteiger charge is 2.09. The van der Waals surface area contributed by atoms with Gasteiger partial charge in [-0.15, -0.1) is 0 Å². The highest BCUT2D eigenvalue weighted by molar-refractivity contribution is 9.10. The van der Waals surface area contributed by atoms with E-state index in [0.717, 1.165) is 21.1 Å². The number of nitrogens with one attached hydrogen (secondary N) is 1. The van der Waals surface area contributed by atoms with E-state index in [2.05, 4.69) is 31.2 Å². The fourth-order valence-electron chi connectivity index (χ4n) is 2.64. The maximum absolute atomic E-state index is 12.2. The molecule has 0 bridgehead atoms. The van der Waals surface area contributed by atoms with Crippen LogP contribution in [0.25, 0.3) is 10.9 Å². The fraction of sp³-hybridized carbons (Fsp3) is 0. The molecular weight excluding hydrogens is 406 g/mol. The molecule has 0 aliphatic carbocycles. The Kier molecular flexibility index (Phi) is 4.80. The number of hydrogen-bond acceptors (Lipinski definition) is 5. The summed E-state index contributed by atoms with van der Waals surface area (Å²) in [6, 6.07) is 21.9. The third kappa shape index (κ3) is 3.96. The number of fused-ring (bicyclic) bond motifs is 1. The third-order valence-electron chi connectivity index (χ3n) is 3.91. The van der Waals surface area contributed by atoms with Crippen LogP contribution in [-0.2, 0) is 0 Å². The van der Waals surface area contributed by atoms with Crippen LogP contribution in [0.15, 0.2) is 83.6 Å². The average Bonchev–Trinajstić information content (AvgIpc) is 2.69. The van der Waals surface area contributed by atoms with Crippen LogP contribution >= 0.6 is 15.9 Å². The first-order chi connectivity index (χ1) is 13.2. The molecule has 5 nitrogen and oxygen atoms in total. The van der Waals surface area contributed by atoms with E-state index in [4.69, 9.17) is 4.74 Å². The molecule has 4 aromatic rings. The van der Waals surface area contributed by atoms with Gasteiger partial charge in [-0.1, -0.05) is 40.2 Å². The molecule has 4 rings (SSSR count). The van der Waals surface area contributed by atoms with Gasteiger partial charge in [-0.25, -0.2) is 14.8 Å². The number of anilines is 2. The number of aromatic nitrogens is 2. The first-order valence-electron chi connectivity index (χ1n) is 8.24. The zero-order valence-corrected chi connectivity index (χ0v) is 15.7. The number of esters is 1. The van der Waals surface area contributed by atoms with Crippen molar-refractivity contribution in [2.75, 3.05) is 5.32 Å². The second-order valence-electron chi connectivity index (χ2n) is 5.79. The van der Waals surface area contributed by atoms with E-state index in [-0.39, 0.29) is 0 Å². The van der Waals surface area contributed by atoms with Crippen molar-refractivity contribution in [1.82, 2.24) is 9.97 Å². The van der Waals surface area contributed by atoms with E-state index in [1.807, 2.05) is 36.4 Å². The third-order valence-corrected chi connectivity index (χ3v) is 4.41. The maximum atomic E-state index is 12.2. The minimum absolute atomic E-state index is 0.399. The van der Waals surface area contributed by atoms with E-state index in [1.165, 1.54) is 6.33 Å². The normalized spacial score (nSPS) is 10.6. The first kappa shape index (κ1) is 17.2. The van der Waals surface area contributed by atoms with Gasteiger partial charge in [0, 0.05) is 21.6 Å². The van der Waals surface area contributed by atoms with Gasteiger partial charge in [0.05, 0.1) is 11.1 Å². The largest absolute Gasteiger partial charge is 0.423 e. The number of halogens is 1. The molecule has 1 N–H and O–H groups in total. The second kappa shape index (κ2) is 7.55. The minimum Gasteiger partial charge on any atom is -0.423 e. The highest BCUT2D eigenvalue weighted by Crippen LogP contribution is 2.27. The highest BCUT2D eigenvalue weighted by atomic mass is 79.9. The Morgan fingerprint density at radius 3 is 2.63 bits per heavy atom. The Bertz CT molecular complexity index is 1120. The van der Waals surface area contributed by atoms with Crippen molar-refractivity contribution in [2.45, 2.75) is 0 Å². The van der Waals surface area contributed by atoms with Crippen LogP contribution in [-0.4, -0.2) is 15.9 Å². The van der Waals surface area contributed by atoms with Crippen LogP contribution < -0.4 is 10.1 Å². The summed E-state index contributed by atoms with van der Waals surface area (Å²) < 4.78 is 6.41. The SMILES string of the molecule is O=C(Oc1cccc(Nc2ncnc3ccc(Br)cc23)c1)c1ccccc1. The number of carbonyl (C=O) groups excluding carboxylic acids is 1. The van der Waals surface area contributed by atoms with Gasteiger partial charge in [-0.2, -0.15) is 0 Å². The molecule has 0 saturated carbocycles. The van der Waals surface area contributed by atoms with Gasteiger partial charge in [0.25, 0.3) is 0 Å². The van der Waals surface area contributed by atoms with Crippen molar-refractivity contribution < 1.29 is 9.53 Å². The lowest BCUT2D eigenvalue weighted by atomic mass is 10.2. The van der Waals surface area contributed by atoms with E-state index >= 15 is 0 Å². The van der Waals surface area contributed by atoms with E-state index in [0.29, 0.717) is 17.1 Å². The molecule has 0 aliphatic heterocycles. The summed E-state index contributed by atoms with van der Waals surface area (Å²) in [5.41, 5.74) is 2.10. The zero-order chi connectivity index (χ0) is 18.6. The molecule has 132 valence electrons. The Balaban J connectivity index is 1.58. The minimum atomic E-state index is -0.399. The first-order valence-corrected chi connectivity index (χ1v) is 9.03. The summed E-state index contributed by atoms with van der Waals surface area (Å²) in [5.74, 6) is 0.727. The molecule has 0 amide bonds. The summed E-state index contributed by atoms with van der Waals surface area (Å²) in [7, 11) is 0. The van der Waals surface area contributed by atoms with Crippen molar-refractivity contribution in [3.8, 4) is 5.75 Å². The van der Waals surface area contributed by atoms with Crippen LogP contribution in [0.5, 0.6) is 5.75 Å². The number of benzene rings is 3. The topological polar surface area (TPSA) is 64.1 Å². The quantitative estimate of drug-likeness (QED) is 0.356. The lowest BCUT2D eigenvalue weighted by molar-refractivity contribution is 0.0735. The van der Waals surface area contributed by atoms with Crippen LogP contribution in [0.3, 0.4) is 0 Å².